The van der Waals surface area contributed by atoms with Crippen LogP contribution in [-0.2, 0) is 21.3 Å². The second-order valence-corrected chi connectivity index (χ2v) is 9.69. The summed E-state index contributed by atoms with van der Waals surface area (Å²) in [6.45, 7) is 3.75. The van der Waals surface area contributed by atoms with Crippen LogP contribution in [-0.4, -0.2) is 75.0 Å². The Morgan fingerprint density at radius 2 is 1.69 bits per heavy atom. The molecule has 0 spiro atoms. The third kappa shape index (κ3) is 4.75. The minimum atomic E-state index is -3.92. The molecule has 0 radical (unpaired) electrons. The highest BCUT2D eigenvalue weighted by atomic mass is 32.2. The Hall–Kier alpha value is -2.60. The van der Waals surface area contributed by atoms with Gasteiger partial charge >= 0.3 is 0 Å². The average molecular weight is 465 g/mol. The van der Waals surface area contributed by atoms with Crippen LogP contribution < -0.4 is 4.90 Å². The number of ether oxygens (including phenoxy) is 1. The highest BCUT2D eigenvalue weighted by molar-refractivity contribution is 7.89. The van der Waals surface area contributed by atoms with E-state index in [1.165, 1.54) is 22.5 Å². The predicted molar refractivity (Wildman–Crippen MR) is 117 cm³/mol. The Labute approximate surface area is 186 Å². The number of hydrogen-bond acceptors (Lipinski definition) is 7. The minimum absolute atomic E-state index is 0.0591. The summed E-state index contributed by atoms with van der Waals surface area (Å²) in [7, 11) is -3.92. The number of rotatable bonds is 6. The zero-order valence-corrected chi connectivity index (χ0v) is 18.3. The van der Waals surface area contributed by atoms with Gasteiger partial charge in [-0.25, -0.2) is 12.8 Å². The number of sulfonamides is 1. The van der Waals surface area contributed by atoms with E-state index in [1.54, 1.807) is 18.2 Å². The normalized spacial score (nSPS) is 18.6. The van der Waals surface area contributed by atoms with Crippen LogP contribution in [0.1, 0.15) is 5.56 Å². The van der Waals surface area contributed by atoms with Gasteiger partial charge in [0.05, 0.1) is 23.8 Å². The number of nitro groups is 1. The van der Waals surface area contributed by atoms with Crippen molar-refractivity contribution < 1.29 is 22.5 Å². The molecular weight excluding hydrogens is 439 g/mol. The number of nitrogens with zero attached hydrogens (tertiary/aromatic N) is 4. The second kappa shape index (κ2) is 9.49. The standard InChI is InChI=1S/C21H25FN4O5S/c22-19-4-2-1-3-17(19)16-23-7-9-24(10-8-23)20-6-5-18(26(27)28)15-21(20)32(29,30)25-11-13-31-14-12-25/h1-6,15H,7-14,16H2. The third-order valence-electron chi connectivity index (χ3n) is 5.81. The molecule has 9 nitrogen and oxygen atoms in total. The first-order chi connectivity index (χ1) is 15.4. The molecule has 0 N–H and O–H groups in total. The van der Waals surface area contributed by atoms with Crippen LogP contribution >= 0.6 is 0 Å². The maximum Gasteiger partial charge on any atom is 0.270 e. The monoisotopic (exact) mass is 464 g/mol. The molecule has 0 bridgehead atoms. The second-order valence-electron chi connectivity index (χ2n) is 7.78. The highest BCUT2D eigenvalue weighted by Crippen LogP contribution is 2.32. The van der Waals surface area contributed by atoms with Crippen molar-refractivity contribution in [2.45, 2.75) is 11.4 Å². The summed E-state index contributed by atoms with van der Waals surface area (Å²) in [6.07, 6.45) is 0. The predicted octanol–water partition coefficient (Wildman–Crippen LogP) is 2.08. The van der Waals surface area contributed by atoms with Gasteiger partial charge in [0.1, 0.15) is 10.7 Å². The Morgan fingerprint density at radius 3 is 2.34 bits per heavy atom. The molecule has 2 heterocycles. The van der Waals surface area contributed by atoms with Gasteiger partial charge in [-0.2, -0.15) is 4.31 Å². The van der Waals surface area contributed by atoms with Gasteiger partial charge in [-0.05, 0) is 12.1 Å². The van der Waals surface area contributed by atoms with Gasteiger partial charge in [0, 0.05) is 63.5 Å². The zero-order chi connectivity index (χ0) is 22.7. The molecule has 2 aromatic carbocycles. The molecule has 2 saturated heterocycles. The smallest absolute Gasteiger partial charge is 0.270 e. The molecule has 2 aromatic rings. The molecule has 0 atom stereocenters. The van der Waals surface area contributed by atoms with E-state index in [2.05, 4.69) is 4.90 Å². The van der Waals surface area contributed by atoms with Crippen LogP contribution in [0.25, 0.3) is 0 Å². The molecular formula is C21H25FN4O5S. The minimum Gasteiger partial charge on any atom is -0.379 e. The van der Waals surface area contributed by atoms with Crippen molar-refractivity contribution in [2.24, 2.45) is 0 Å². The molecule has 0 unspecified atom stereocenters. The van der Waals surface area contributed by atoms with Crippen LogP contribution in [0.15, 0.2) is 47.4 Å². The van der Waals surface area contributed by atoms with E-state index in [-0.39, 0.29) is 42.7 Å². The number of hydrogen-bond donors (Lipinski definition) is 0. The molecule has 2 fully saturated rings. The largest absolute Gasteiger partial charge is 0.379 e. The lowest BCUT2D eigenvalue weighted by atomic mass is 10.1. The van der Waals surface area contributed by atoms with Crippen molar-refractivity contribution >= 4 is 21.4 Å². The maximum absolute atomic E-state index is 14.0. The van der Waals surface area contributed by atoms with Crippen LogP contribution in [0.5, 0.6) is 0 Å². The molecule has 11 heteroatoms. The van der Waals surface area contributed by atoms with Gasteiger partial charge in [-0.15, -0.1) is 0 Å². The molecule has 2 aliphatic rings. The highest BCUT2D eigenvalue weighted by Gasteiger charge is 2.32. The molecule has 0 amide bonds. The van der Waals surface area contributed by atoms with Crippen LogP contribution in [0, 0.1) is 15.9 Å². The number of piperazine rings is 1. The third-order valence-corrected chi connectivity index (χ3v) is 7.73. The van der Waals surface area contributed by atoms with Crippen molar-refractivity contribution in [1.29, 1.82) is 0 Å². The molecule has 2 aliphatic heterocycles. The van der Waals surface area contributed by atoms with Gasteiger partial charge in [0.15, 0.2) is 0 Å². The van der Waals surface area contributed by atoms with E-state index in [0.29, 0.717) is 44.0 Å². The fraction of sp³-hybridized carbons (Fsp3) is 0.429. The van der Waals surface area contributed by atoms with Crippen molar-refractivity contribution in [3.63, 3.8) is 0 Å². The molecule has 172 valence electrons. The molecule has 4 rings (SSSR count). The summed E-state index contributed by atoms with van der Waals surface area (Å²) in [5.74, 6) is -0.246. The van der Waals surface area contributed by atoms with E-state index < -0.39 is 14.9 Å². The van der Waals surface area contributed by atoms with Gasteiger partial charge in [-0.1, -0.05) is 18.2 Å². The number of anilines is 1. The molecule has 0 aromatic heterocycles. The lowest BCUT2D eigenvalue weighted by molar-refractivity contribution is -0.385. The van der Waals surface area contributed by atoms with Gasteiger partial charge in [0.25, 0.3) is 5.69 Å². The fourth-order valence-corrected chi connectivity index (χ4v) is 5.66. The quantitative estimate of drug-likeness (QED) is 0.477. The molecule has 0 aliphatic carbocycles. The summed E-state index contributed by atoms with van der Waals surface area (Å²) in [5.41, 5.74) is 0.804. The number of halogens is 1. The molecule has 0 saturated carbocycles. The zero-order valence-electron chi connectivity index (χ0n) is 17.5. The van der Waals surface area contributed by atoms with E-state index in [0.717, 1.165) is 6.07 Å². The van der Waals surface area contributed by atoms with Crippen molar-refractivity contribution in [2.75, 3.05) is 57.4 Å². The van der Waals surface area contributed by atoms with Crippen LogP contribution in [0.4, 0.5) is 15.8 Å². The van der Waals surface area contributed by atoms with Gasteiger partial charge in [-0.3, -0.25) is 15.0 Å². The van der Waals surface area contributed by atoms with Gasteiger partial charge in [0.2, 0.25) is 10.0 Å². The first-order valence-electron chi connectivity index (χ1n) is 10.4. The maximum atomic E-state index is 14.0. The number of nitro benzene ring substituents is 1. The van der Waals surface area contributed by atoms with Crippen LogP contribution in [0.3, 0.4) is 0 Å². The lowest BCUT2D eigenvalue weighted by Gasteiger charge is -2.37. The number of non-ortho nitro benzene ring substituents is 1. The molecule has 32 heavy (non-hydrogen) atoms. The topological polar surface area (TPSA) is 96.2 Å². The first-order valence-corrected chi connectivity index (χ1v) is 11.9. The van der Waals surface area contributed by atoms with E-state index in [9.17, 15) is 22.9 Å². The van der Waals surface area contributed by atoms with Crippen molar-refractivity contribution in [3.05, 3.63) is 64.0 Å². The summed E-state index contributed by atoms with van der Waals surface area (Å²) in [6, 6.07) is 10.6. The Balaban J connectivity index is 1.56. The number of benzene rings is 2. The van der Waals surface area contributed by atoms with Crippen molar-refractivity contribution in [1.82, 2.24) is 9.21 Å². The van der Waals surface area contributed by atoms with Crippen molar-refractivity contribution in [3.8, 4) is 0 Å². The summed E-state index contributed by atoms with van der Waals surface area (Å²) < 4.78 is 47.2. The van der Waals surface area contributed by atoms with Crippen LogP contribution in [0.2, 0.25) is 0 Å². The Morgan fingerprint density at radius 1 is 1.00 bits per heavy atom. The average Bonchev–Trinajstić information content (AvgIpc) is 2.81. The first kappa shape index (κ1) is 22.6. The van der Waals surface area contributed by atoms with Gasteiger partial charge < -0.3 is 9.64 Å². The summed E-state index contributed by atoms with van der Waals surface area (Å²) in [5, 5.41) is 11.3. The van der Waals surface area contributed by atoms with E-state index >= 15 is 0 Å². The van der Waals surface area contributed by atoms with E-state index in [1.807, 2.05) is 4.90 Å². The summed E-state index contributed by atoms with van der Waals surface area (Å²) in [4.78, 5) is 14.7. The number of morpholine rings is 1. The van der Waals surface area contributed by atoms with E-state index in [4.69, 9.17) is 4.74 Å². The summed E-state index contributed by atoms with van der Waals surface area (Å²) >= 11 is 0. The fourth-order valence-electron chi connectivity index (χ4n) is 4.02. The Bertz CT molecular complexity index is 1080. The SMILES string of the molecule is O=[N+]([O-])c1ccc(N2CCN(Cc3ccccc3F)CC2)c(S(=O)(=O)N2CCOCC2)c1. The lowest BCUT2D eigenvalue weighted by Crippen LogP contribution is -2.47. The Kier molecular flexibility index (Phi) is 6.70.